The zero-order valence-electron chi connectivity index (χ0n) is 10.6. The number of phenolic OH excluding ortho intramolecular Hbond substituents is 2. The van der Waals surface area contributed by atoms with Crippen LogP contribution < -0.4 is 0 Å². The normalized spacial score (nSPS) is 11.6. The van der Waals surface area contributed by atoms with Crippen molar-refractivity contribution in [3.05, 3.63) is 46.8 Å². The standard InChI is InChI=1S/C14H3F7O2/c15-6-3-1-2-4(9(18)14(23)11(20)7(2)16)8(17)5(3)13(22)12(21)10(6)19/h1,22-23H. The molecule has 0 aliphatic heterocycles. The molecule has 0 aromatic heterocycles. The van der Waals surface area contributed by atoms with Gasteiger partial charge in [-0.05, 0) is 6.07 Å². The van der Waals surface area contributed by atoms with E-state index in [9.17, 15) is 35.8 Å². The Morgan fingerprint density at radius 1 is 0.478 bits per heavy atom. The topological polar surface area (TPSA) is 40.5 Å². The van der Waals surface area contributed by atoms with Gasteiger partial charge in [0.1, 0.15) is 5.82 Å². The van der Waals surface area contributed by atoms with Crippen LogP contribution in [0.4, 0.5) is 30.7 Å². The van der Waals surface area contributed by atoms with Crippen LogP contribution in [0, 0.1) is 40.7 Å². The fourth-order valence-corrected chi connectivity index (χ4v) is 2.31. The molecule has 0 fully saturated rings. The van der Waals surface area contributed by atoms with Gasteiger partial charge in [0.25, 0.3) is 0 Å². The summed E-state index contributed by atoms with van der Waals surface area (Å²) in [6.07, 6.45) is 0. The van der Waals surface area contributed by atoms with E-state index in [0.717, 1.165) is 0 Å². The van der Waals surface area contributed by atoms with Crippen molar-refractivity contribution in [3.63, 3.8) is 0 Å². The molecule has 0 unspecified atom stereocenters. The zero-order valence-corrected chi connectivity index (χ0v) is 10.6. The second-order valence-electron chi connectivity index (χ2n) is 4.62. The molecular weight excluding hydrogens is 333 g/mol. The molecule has 23 heavy (non-hydrogen) atoms. The predicted octanol–water partition coefficient (Wildman–Crippen LogP) is 4.38. The van der Waals surface area contributed by atoms with Gasteiger partial charge < -0.3 is 10.2 Å². The number of halogens is 7. The van der Waals surface area contributed by atoms with Crippen molar-refractivity contribution in [1.29, 1.82) is 0 Å². The van der Waals surface area contributed by atoms with Gasteiger partial charge in [-0.25, -0.2) is 22.0 Å². The average molecular weight is 336 g/mol. The van der Waals surface area contributed by atoms with Crippen LogP contribution in [0.2, 0.25) is 0 Å². The maximum atomic E-state index is 14.3. The minimum atomic E-state index is -2.17. The highest BCUT2D eigenvalue weighted by Gasteiger charge is 2.28. The van der Waals surface area contributed by atoms with Crippen LogP contribution >= 0.6 is 0 Å². The molecule has 0 saturated carbocycles. The zero-order chi connectivity index (χ0) is 17.2. The van der Waals surface area contributed by atoms with Gasteiger partial charge in [-0.1, -0.05) is 0 Å². The van der Waals surface area contributed by atoms with Crippen LogP contribution in [0.1, 0.15) is 0 Å². The Hall–Kier alpha value is -2.71. The fourth-order valence-electron chi connectivity index (χ4n) is 2.31. The van der Waals surface area contributed by atoms with Gasteiger partial charge in [0.2, 0.25) is 11.6 Å². The summed E-state index contributed by atoms with van der Waals surface area (Å²) in [5.74, 6) is -17.6. The molecule has 9 heteroatoms. The number of rotatable bonds is 0. The van der Waals surface area contributed by atoms with Crippen molar-refractivity contribution < 1.29 is 40.9 Å². The van der Waals surface area contributed by atoms with Crippen LogP contribution in [0.5, 0.6) is 11.5 Å². The van der Waals surface area contributed by atoms with E-state index < -0.39 is 73.8 Å². The molecule has 0 spiro atoms. The van der Waals surface area contributed by atoms with Gasteiger partial charge in [0.15, 0.2) is 34.8 Å². The average Bonchev–Trinajstić information content (AvgIpc) is 2.53. The molecule has 0 heterocycles. The van der Waals surface area contributed by atoms with Crippen LogP contribution in [0.25, 0.3) is 21.5 Å². The lowest BCUT2D eigenvalue weighted by atomic mass is 9.99. The Labute approximate surface area is 122 Å². The number of hydrogen-bond donors (Lipinski definition) is 2. The molecule has 2 nitrogen and oxygen atoms in total. The molecular formula is C14H3F7O2. The van der Waals surface area contributed by atoms with Crippen LogP contribution in [-0.4, -0.2) is 10.2 Å². The second kappa shape index (κ2) is 4.64. The number of hydrogen-bond acceptors (Lipinski definition) is 2. The van der Waals surface area contributed by atoms with Gasteiger partial charge >= 0.3 is 0 Å². The minimum Gasteiger partial charge on any atom is -0.504 e. The highest BCUT2D eigenvalue weighted by molar-refractivity contribution is 6.03. The molecule has 3 aromatic rings. The van der Waals surface area contributed by atoms with Crippen molar-refractivity contribution in [2.45, 2.75) is 0 Å². The molecule has 3 rings (SSSR count). The molecule has 0 saturated heterocycles. The Morgan fingerprint density at radius 2 is 0.957 bits per heavy atom. The highest BCUT2D eigenvalue weighted by atomic mass is 19.2. The van der Waals surface area contributed by atoms with Gasteiger partial charge in [-0.3, -0.25) is 0 Å². The van der Waals surface area contributed by atoms with Crippen LogP contribution in [0.15, 0.2) is 6.07 Å². The number of fused-ring (bicyclic) bond motifs is 2. The molecule has 120 valence electrons. The van der Waals surface area contributed by atoms with Crippen molar-refractivity contribution in [2.24, 2.45) is 0 Å². The first-order valence-electron chi connectivity index (χ1n) is 5.85. The number of phenols is 2. The summed E-state index contributed by atoms with van der Waals surface area (Å²) < 4.78 is 95.4. The fraction of sp³-hybridized carbons (Fsp3) is 0. The van der Waals surface area contributed by atoms with Gasteiger partial charge in [-0.15, -0.1) is 0 Å². The smallest absolute Gasteiger partial charge is 0.204 e. The lowest BCUT2D eigenvalue weighted by molar-refractivity contribution is 0.381. The van der Waals surface area contributed by atoms with Gasteiger partial charge in [-0.2, -0.15) is 8.78 Å². The minimum absolute atomic E-state index is 0.298. The summed E-state index contributed by atoms with van der Waals surface area (Å²) in [4.78, 5) is 0. The summed E-state index contributed by atoms with van der Waals surface area (Å²) in [6, 6.07) is 0.298. The molecule has 0 amide bonds. The van der Waals surface area contributed by atoms with E-state index in [1.54, 1.807) is 0 Å². The first kappa shape index (κ1) is 15.2. The first-order chi connectivity index (χ1) is 10.7. The summed E-state index contributed by atoms with van der Waals surface area (Å²) in [5.41, 5.74) is 0. The van der Waals surface area contributed by atoms with Gasteiger partial charge in [0, 0.05) is 10.8 Å². The Balaban J connectivity index is 2.73. The molecule has 2 N–H and O–H groups in total. The maximum absolute atomic E-state index is 14.3. The summed E-state index contributed by atoms with van der Waals surface area (Å²) in [6.45, 7) is 0. The van der Waals surface area contributed by atoms with Crippen molar-refractivity contribution in [1.82, 2.24) is 0 Å². The Bertz CT molecular complexity index is 936. The SMILES string of the molecule is Oc1c(F)c(F)c2cc3c(F)c(F)c(F)c(O)c3c(F)c2c1F. The van der Waals surface area contributed by atoms with E-state index in [-0.39, 0.29) is 0 Å². The van der Waals surface area contributed by atoms with Crippen molar-refractivity contribution in [2.75, 3.05) is 0 Å². The Kier molecular flexibility index (Phi) is 3.07. The molecule has 0 bridgehead atoms. The maximum Gasteiger partial charge on any atom is 0.204 e. The van der Waals surface area contributed by atoms with Gasteiger partial charge in [0.05, 0.1) is 10.8 Å². The van der Waals surface area contributed by atoms with E-state index in [1.807, 2.05) is 0 Å². The van der Waals surface area contributed by atoms with E-state index in [4.69, 9.17) is 5.11 Å². The van der Waals surface area contributed by atoms with E-state index in [1.165, 1.54) is 0 Å². The molecule has 0 radical (unpaired) electrons. The monoisotopic (exact) mass is 336 g/mol. The predicted molar refractivity (Wildman–Crippen MR) is 64.5 cm³/mol. The lowest BCUT2D eigenvalue weighted by Crippen LogP contribution is -2.00. The molecule has 3 aromatic carbocycles. The summed E-state index contributed by atoms with van der Waals surface area (Å²) >= 11 is 0. The second-order valence-corrected chi connectivity index (χ2v) is 4.62. The third kappa shape index (κ3) is 1.76. The van der Waals surface area contributed by atoms with E-state index in [2.05, 4.69) is 0 Å². The largest absolute Gasteiger partial charge is 0.504 e. The van der Waals surface area contributed by atoms with Crippen molar-refractivity contribution in [3.8, 4) is 11.5 Å². The third-order valence-electron chi connectivity index (χ3n) is 3.40. The van der Waals surface area contributed by atoms with Crippen LogP contribution in [-0.2, 0) is 0 Å². The van der Waals surface area contributed by atoms with Crippen molar-refractivity contribution >= 4 is 21.5 Å². The number of aromatic hydroxyl groups is 2. The highest BCUT2D eigenvalue weighted by Crippen LogP contribution is 2.41. The Morgan fingerprint density at radius 3 is 1.57 bits per heavy atom. The summed E-state index contributed by atoms with van der Waals surface area (Å²) in [7, 11) is 0. The third-order valence-corrected chi connectivity index (χ3v) is 3.40. The molecule has 0 aliphatic rings. The lowest BCUT2D eigenvalue weighted by Gasteiger charge is -2.12. The first-order valence-corrected chi connectivity index (χ1v) is 5.85. The van der Waals surface area contributed by atoms with E-state index >= 15 is 0 Å². The van der Waals surface area contributed by atoms with Crippen LogP contribution in [0.3, 0.4) is 0 Å². The van der Waals surface area contributed by atoms with E-state index in [0.29, 0.717) is 6.07 Å². The number of benzene rings is 3. The quantitative estimate of drug-likeness (QED) is 0.277. The molecule has 0 atom stereocenters. The summed E-state index contributed by atoms with van der Waals surface area (Å²) in [5, 5.41) is 13.6. The molecule has 0 aliphatic carbocycles.